The Morgan fingerprint density at radius 1 is 0.700 bits per heavy atom. The van der Waals surface area contributed by atoms with Crippen LogP contribution in [0.25, 0.3) is 0 Å². The third-order valence-electron chi connectivity index (χ3n) is 5.95. The Morgan fingerprint density at radius 2 is 1.05 bits per heavy atom. The fraction of sp³-hybridized carbons (Fsp3) is 0.700. The molecule has 0 amide bonds. The smallest absolute Gasteiger partial charge is 0.00752 e. The van der Waals surface area contributed by atoms with Crippen LogP contribution in [0.2, 0.25) is 0 Å². The summed E-state index contributed by atoms with van der Waals surface area (Å²) in [4.78, 5) is 0. The Hall–Kier alpha value is -0.780. The van der Waals surface area contributed by atoms with Crippen LogP contribution in [0, 0.1) is 13.8 Å². The van der Waals surface area contributed by atoms with Crippen LogP contribution in [0.1, 0.15) is 89.5 Å². The van der Waals surface area contributed by atoms with Crippen molar-refractivity contribution in [2.75, 3.05) is 0 Å². The maximum absolute atomic E-state index is 2.46. The summed E-state index contributed by atoms with van der Waals surface area (Å²) in [5.74, 6) is 0. The first-order valence-corrected chi connectivity index (χ1v) is 8.40. The quantitative estimate of drug-likeness (QED) is 0.558. The van der Waals surface area contributed by atoms with Crippen molar-refractivity contribution in [2.24, 2.45) is 0 Å². The molecule has 1 aromatic carbocycles. The first-order valence-electron chi connectivity index (χ1n) is 8.40. The fourth-order valence-corrected chi connectivity index (χ4v) is 3.53. The van der Waals surface area contributed by atoms with E-state index in [0.717, 1.165) is 0 Å². The van der Waals surface area contributed by atoms with Crippen LogP contribution in [-0.2, 0) is 10.8 Å². The topological polar surface area (TPSA) is 0 Å². The molecule has 1 aromatic rings. The number of aryl methyl sites for hydroxylation is 2. The van der Waals surface area contributed by atoms with E-state index in [2.05, 4.69) is 67.5 Å². The lowest BCUT2D eigenvalue weighted by Gasteiger charge is -2.34. The van der Waals surface area contributed by atoms with E-state index < -0.39 is 0 Å². The van der Waals surface area contributed by atoms with E-state index in [-0.39, 0.29) is 0 Å². The Balaban J connectivity index is 3.43. The minimum absolute atomic E-state index is 0.321. The highest BCUT2D eigenvalue weighted by molar-refractivity contribution is 5.44. The van der Waals surface area contributed by atoms with Crippen LogP contribution in [0.4, 0.5) is 0 Å². The highest BCUT2D eigenvalue weighted by Crippen LogP contribution is 2.39. The van der Waals surface area contributed by atoms with Crippen LogP contribution in [-0.4, -0.2) is 0 Å². The third kappa shape index (κ3) is 2.95. The number of hydrogen-bond acceptors (Lipinski definition) is 0. The molecule has 0 N–H and O–H groups in total. The molecule has 0 saturated carbocycles. The van der Waals surface area contributed by atoms with E-state index in [0.29, 0.717) is 10.8 Å². The highest BCUT2D eigenvalue weighted by atomic mass is 14.3. The van der Waals surface area contributed by atoms with E-state index in [1.165, 1.54) is 42.4 Å². The average molecular weight is 274 g/mol. The lowest BCUT2D eigenvalue weighted by atomic mass is 9.70. The fourth-order valence-electron chi connectivity index (χ4n) is 3.53. The zero-order valence-corrected chi connectivity index (χ0v) is 15.0. The van der Waals surface area contributed by atoms with Gasteiger partial charge in [0.2, 0.25) is 0 Å². The predicted molar refractivity (Wildman–Crippen MR) is 91.8 cm³/mol. The molecule has 0 atom stereocenters. The number of benzene rings is 1. The van der Waals surface area contributed by atoms with E-state index in [1.807, 2.05) is 0 Å². The summed E-state index contributed by atoms with van der Waals surface area (Å²) in [6, 6.07) is 4.91. The molecule has 0 aliphatic heterocycles. The molecule has 0 unspecified atom stereocenters. The van der Waals surface area contributed by atoms with Crippen molar-refractivity contribution in [3.63, 3.8) is 0 Å². The Morgan fingerprint density at radius 3 is 1.35 bits per heavy atom. The van der Waals surface area contributed by atoms with E-state index in [4.69, 9.17) is 0 Å². The van der Waals surface area contributed by atoms with Gasteiger partial charge < -0.3 is 0 Å². The first-order chi connectivity index (χ1) is 9.27. The van der Waals surface area contributed by atoms with Gasteiger partial charge in [0.1, 0.15) is 0 Å². The molecule has 1 rings (SSSR count). The van der Waals surface area contributed by atoms with Crippen LogP contribution in [0.5, 0.6) is 0 Å². The Bertz CT molecular complexity index is 422. The van der Waals surface area contributed by atoms with Crippen molar-refractivity contribution in [3.05, 3.63) is 34.4 Å². The summed E-state index contributed by atoms with van der Waals surface area (Å²) in [5.41, 5.74) is 6.72. The molecule has 0 aliphatic rings. The molecule has 0 heteroatoms. The molecule has 0 heterocycles. The van der Waals surface area contributed by atoms with Crippen LogP contribution in [0.15, 0.2) is 12.1 Å². The Kier molecular flexibility index (Phi) is 5.46. The van der Waals surface area contributed by atoms with Gasteiger partial charge in [0.25, 0.3) is 0 Å². The highest BCUT2D eigenvalue weighted by Gasteiger charge is 2.29. The van der Waals surface area contributed by atoms with Gasteiger partial charge in [-0.15, -0.1) is 0 Å². The van der Waals surface area contributed by atoms with E-state index in [1.54, 1.807) is 5.56 Å². The summed E-state index contributed by atoms with van der Waals surface area (Å²) < 4.78 is 0. The molecule has 0 nitrogen and oxygen atoms in total. The van der Waals surface area contributed by atoms with Gasteiger partial charge in [-0.25, -0.2) is 0 Å². The first kappa shape index (κ1) is 17.3. The second-order valence-corrected chi connectivity index (χ2v) is 7.02. The molecular formula is C20H34. The van der Waals surface area contributed by atoms with Crippen molar-refractivity contribution in [1.82, 2.24) is 0 Å². The SMILES string of the molecule is CCC(C)(CC)c1cc(C)c(C(C)(CC)CC)c(C)c1. The summed E-state index contributed by atoms with van der Waals surface area (Å²) >= 11 is 0. The van der Waals surface area contributed by atoms with Gasteiger partial charge in [0.15, 0.2) is 0 Å². The van der Waals surface area contributed by atoms with Crippen LogP contribution < -0.4 is 0 Å². The average Bonchev–Trinajstić information content (AvgIpc) is 2.45. The van der Waals surface area contributed by atoms with Crippen molar-refractivity contribution in [1.29, 1.82) is 0 Å². The second kappa shape index (κ2) is 6.33. The maximum Gasteiger partial charge on any atom is -0.00752 e. The van der Waals surface area contributed by atoms with Gasteiger partial charge in [-0.05, 0) is 72.6 Å². The second-order valence-electron chi connectivity index (χ2n) is 7.02. The standard InChI is InChI=1S/C20H34/c1-9-19(7,10-2)17-13-15(5)18(16(6)14-17)20(8,11-3)12-4/h13-14H,9-12H2,1-8H3. The predicted octanol–water partition coefficient (Wildman–Crippen LogP) is 6.46. The molecule has 0 aliphatic carbocycles. The molecular weight excluding hydrogens is 240 g/mol. The minimum atomic E-state index is 0.321. The molecule has 0 saturated heterocycles. The molecule has 0 bridgehead atoms. The van der Waals surface area contributed by atoms with Gasteiger partial charge in [-0.3, -0.25) is 0 Å². The molecule has 20 heavy (non-hydrogen) atoms. The van der Waals surface area contributed by atoms with Gasteiger partial charge in [-0.2, -0.15) is 0 Å². The van der Waals surface area contributed by atoms with Crippen LogP contribution in [0.3, 0.4) is 0 Å². The van der Waals surface area contributed by atoms with Crippen molar-refractivity contribution in [2.45, 2.75) is 91.9 Å². The van der Waals surface area contributed by atoms with Crippen molar-refractivity contribution < 1.29 is 0 Å². The third-order valence-corrected chi connectivity index (χ3v) is 5.95. The zero-order chi connectivity index (χ0) is 15.6. The molecule has 0 radical (unpaired) electrons. The van der Waals surface area contributed by atoms with E-state index in [9.17, 15) is 0 Å². The normalized spacial score (nSPS) is 12.8. The summed E-state index contributed by atoms with van der Waals surface area (Å²) in [5, 5.41) is 0. The maximum atomic E-state index is 2.46. The summed E-state index contributed by atoms with van der Waals surface area (Å²) in [6.07, 6.45) is 4.84. The Labute approximate surface area is 127 Å². The van der Waals surface area contributed by atoms with Crippen molar-refractivity contribution >= 4 is 0 Å². The molecule has 114 valence electrons. The van der Waals surface area contributed by atoms with Crippen molar-refractivity contribution in [3.8, 4) is 0 Å². The van der Waals surface area contributed by atoms with Crippen LogP contribution >= 0.6 is 0 Å². The minimum Gasteiger partial charge on any atom is -0.0645 e. The van der Waals surface area contributed by atoms with Gasteiger partial charge in [0, 0.05) is 0 Å². The number of rotatable bonds is 6. The summed E-state index contributed by atoms with van der Waals surface area (Å²) in [7, 11) is 0. The molecule has 0 aromatic heterocycles. The number of hydrogen-bond donors (Lipinski definition) is 0. The lowest BCUT2D eigenvalue weighted by Crippen LogP contribution is -2.25. The monoisotopic (exact) mass is 274 g/mol. The van der Waals surface area contributed by atoms with Gasteiger partial charge in [-0.1, -0.05) is 53.7 Å². The van der Waals surface area contributed by atoms with E-state index >= 15 is 0 Å². The molecule has 0 spiro atoms. The lowest BCUT2D eigenvalue weighted by molar-refractivity contribution is 0.426. The van der Waals surface area contributed by atoms with Gasteiger partial charge >= 0.3 is 0 Å². The van der Waals surface area contributed by atoms with Gasteiger partial charge in [0.05, 0.1) is 0 Å². The largest absolute Gasteiger partial charge is 0.0645 e. The summed E-state index contributed by atoms with van der Waals surface area (Å²) in [6.45, 7) is 18.7. The zero-order valence-electron chi connectivity index (χ0n) is 15.0. The molecule has 0 fully saturated rings.